The Morgan fingerprint density at radius 1 is 0.864 bits per heavy atom. The maximum absolute atomic E-state index is 12.0. The van der Waals surface area contributed by atoms with Gasteiger partial charge in [-0.1, -0.05) is 11.5 Å². The van der Waals surface area contributed by atoms with E-state index < -0.39 is 0 Å². The second kappa shape index (κ2) is 15.9. The van der Waals surface area contributed by atoms with Crippen molar-refractivity contribution in [3.05, 3.63) is 10.4 Å². The zero-order valence-electron chi connectivity index (χ0n) is 27.0. The van der Waals surface area contributed by atoms with Gasteiger partial charge in [0.1, 0.15) is 0 Å². The summed E-state index contributed by atoms with van der Waals surface area (Å²) < 4.78 is 6.27. The fraction of sp³-hybridized carbons (Fsp3) is 0.969. The molecular weight excluding hydrogens is 556 g/mol. The molecule has 6 rings (SSSR count). The summed E-state index contributed by atoms with van der Waals surface area (Å²) in [5.41, 5.74) is 8.31. The van der Waals surface area contributed by atoms with Crippen LogP contribution >= 0.6 is 0 Å². The van der Waals surface area contributed by atoms with Crippen LogP contribution in [0.1, 0.15) is 83.5 Å². The maximum atomic E-state index is 12.0. The third kappa shape index (κ3) is 8.45. The molecule has 3 heterocycles. The van der Waals surface area contributed by atoms with Gasteiger partial charge in [0.15, 0.2) is 0 Å². The molecule has 248 valence electrons. The first kappa shape index (κ1) is 32.4. The average Bonchev–Trinajstić information content (AvgIpc) is 3.67. The van der Waals surface area contributed by atoms with Gasteiger partial charge in [-0.05, 0) is 95.0 Å². The predicted octanol–water partition coefficient (Wildman–Crippen LogP) is 2.27. The minimum atomic E-state index is 0.0490. The molecule has 1 amide bonds. The zero-order valence-corrected chi connectivity index (χ0v) is 27.0. The number of carbonyl (C=O) groups is 1. The van der Waals surface area contributed by atoms with Gasteiger partial charge in [0.05, 0.1) is 18.4 Å². The number of rotatable bonds is 12. The van der Waals surface area contributed by atoms with Gasteiger partial charge >= 0.3 is 0 Å². The normalized spacial score (nSPS) is 39.8. The Balaban J connectivity index is 0.888. The molecule has 0 aromatic carbocycles. The van der Waals surface area contributed by atoms with Gasteiger partial charge in [0.2, 0.25) is 5.91 Å². The highest BCUT2D eigenvalue weighted by Gasteiger charge is 2.46. The van der Waals surface area contributed by atoms with Gasteiger partial charge < -0.3 is 15.0 Å². The van der Waals surface area contributed by atoms with E-state index in [0.717, 1.165) is 25.3 Å². The summed E-state index contributed by atoms with van der Waals surface area (Å²) in [4.78, 5) is 20.0. The van der Waals surface area contributed by atoms with E-state index in [4.69, 9.17) is 10.3 Å². The van der Waals surface area contributed by atoms with Gasteiger partial charge in [-0.15, -0.1) is 0 Å². The monoisotopic (exact) mass is 614 g/mol. The van der Waals surface area contributed by atoms with E-state index >= 15 is 0 Å². The molecule has 44 heavy (non-hydrogen) atoms. The van der Waals surface area contributed by atoms with Crippen molar-refractivity contribution >= 4 is 5.91 Å². The highest BCUT2D eigenvalue weighted by Crippen LogP contribution is 2.37. The minimum absolute atomic E-state index is 0.0490. The predicted molar refractivity (Wildman–Crippen MR) is 172 cm³/mol. The molecule has 0 bridgehead atoms. The van der Waals surface area contributed by atoms with Crippen LogP contribution in [-0.2, 0) is 9.53 Å². The van der Waals surface area contributed by atoms with Crippen LogP contribution in [0.2, 0.25) is 0 Å². The van der Waals surface area contributed by atoms with E-state index in [1.807, 2.05) is 0 Å². The Bertz CT molecular complexity index is 973. The number of likely N-dealkylation sites (N-methyl/N-ethyl adjacent to an activating group) is 1. The highest BCUT2D eigenvalue weighted by atomic mass is 16.5. The fourth-order valence-electron chi connectivity index (χ4n) is 9.13. The number of nitrogens with one attached hydrogen (secondary N) is 5. The van der Waals surface area contributed by atoms with Crippen LogP contribution in [0.25, 0.3) is 10.4 Å². The summed E-state index contributed by atoms with van der Waals surface area (Å²) in [6, 6.07) is 3.18. The van der Waals surface area contributed by atoms with E-state index in [-0.39, 0.29) is 5.91 Å². The maximum Gasteiger partial charge on any atom is 0.220 e. The van der Waals surface area contributed by atoms with Gasteiger partial charge in [0.25, 0.3) is 0 Å². The Hall–Kier alpha value is -1.50. The Labute approximate surface area is 264 Å². The van der Waals surface area contributed by atoms with E-state index in [1.165, 1.54) is 77.5 Å². The van der Waals surface area contributed by atoms with Crippen molar-refractivity contribution in [1.82, 2.24) is 36.4 Å². The lowest BCUT2D eigenvalue weighted by Crippen LogP contribution is -2.53. The molecule has 6 fully saturated rings. The van der Waals surface area contributed by atoms with Crippen LogP contribution in [-0.4, -0.2) is 117 Å². The minimum Gasteiger partial charge on any atom is -0.378 e. The van der Waals surface area contributed by atoms with Crippen LogP contribution in [0.3, 0.4) is 0 Å². The van der Waals surface area contributed by atoms with Crippen LogP contribution in [0.5, 0.6) is 0 Å². The van der Waals surface area contributed by atoms with Crippen molar-refractivity contribution in [2.24, 2.45) is 17.0 Å². The molecule has 0 radical (unpaired) electrons. The van der Waals surface area contributed by atoms with E-state index in [9.17, 15) is 4.79 Å². The number of fused-ring (bicyclic) bond motifs is 2. The Morgan fingerprint density at radius 2 is 1.57 bits per heavy atom. The zero-order chi connectivity index (χ0) is 30.3. The standard InChI is InChI=1S/C32H58N10O2/c1-41-14-16-42(17-15-41)24-9-11-27-29(21-24)39-32(37-27)23-8-10-26-28(20-23)38-31(36-26)22-5-2-6-25(19-22)44-18-3-7-30(43)34-12-4-13-35-40-33/h22-29,31-32,36-39H,2-21H2,1H3,(H,34,43). The smallest absolute Gasteiger partial charge is 0.220 e. The number of piperazine rings is 1. The van der Waals surface area contributed by atoms with E-state index in [2.05, 4.69) is 53.5 Å². The van der Waals surface area contributed by atoms with Gasteiger partial charge in [0, 0.05) is 87.4 Å². The number of carbonyl (C=O) groups excluding carboxylic acids is 1. The van der Waals surface area contributed by atoms with Crippen LogP contribution in [0.15, 0.2) is 5.11 Å². The second-order valence-corrected chi connectivity index (χ2v) is 14.6. The fourth-order valence-corrected chi connectivity index (χ4v) is 9.13. The summed E-state index contributed by atoms with van der Waals surface area (Å²) in [6.45, 7) is 6.51. The summed E-state index contributed by atoms with van der Waals surface area (Å²) in [5.74, 6) is 1.35. The van der Waals surface area contributed by atoms with Crippen LogP contribution in [0, 0.1) is 11.8 Å². The molecule has 3 saturated carbocycles. The number of nitrogens with zero attached hydrogens (tertiary/aromatic N) is 5. The lowest BCUT2D eigenvalue weighted by atomic mass is 9.81. The largest absolute Gasteiger partial charge is 0.378 e. The third-order valence-electron chi connectivity index (χ3n) is 11.7. The number of hydrogen-bond donors (Lipinski definition) is 5. The second-order valence-electron chi connectivity index (χ2n) is 14.6. The van der Waals surface area contributed by atoms with E-state index in [1.54, 1.807) is 0 Å². The summed E-state index contributed by atoms with van der Waals surface area (Å²) in [5, 5.41) is 22.6. The van der Waals surface area contributed by atoms with Gasteiger partial charge in [-0.2, -0.15) is 0 Å². The van der Waals surface area contributed by atoms with E-state index in [0.29, 0.717) is 87.0 Å². The topological polar surface area (TPSA) is 142 Å². The molecule has 3 aliphatic heterocycles. The average molecular weight is 615 g/mol. The first-order valence-corrected chi connectivity index (χ1v) is 17.9. The molecule has 3 aliphatic carbocycles. The Morgan fingerprint density at radius 3 is 2.34 bits per heavy atom. The molecule has 0 aromatic heterocycles. The molecule has 0 aromatic rings. The number of amides is 1. The Kier molecular flexibility index (Phi) is 11.7. The lowest BCUT2D eigenvalue weighted by molar-refractivity contribution is -0.121. The summed E-state index contributed by atoms with van der Waals surface area (Å²) in [6.07, 6.45) is 15.5. The highest BCUT2D eigenvalue weighted by molar-refractivity contribution is 5.75. The quantitative estimate of drug-likeness (QED) is 0.0976. The van der Waals surface area contributed by atoms with Crippen molar-refractivity contribution in [2.75, 3.05) is 52.9 Å². The molecule has 12 nitrogen and oxygen atoms in total. The first-order chi connectivity index (χ1) is 21.6. The molecule has 10 unspecified atom stereocenters. The number of hydrogen-bond acceptors (Lipinski definition) is 9. The molecular formula is C32H58N10O2. The molecule has 10 atom stereocenters. The summed E-state index contributed by atoms with van der Waals surface area (Å²) in [7, 11) is 2.25. The van der Waals surface area contributed by atoms with Crippen molar-refractivity contribution in [1.29, 1.82) is 0 Å². The summed E-state index contributed by atoms with van der Waals surface area (Å²) >= 11 is 0. The molecule has 3 saturated heterocycles. The molecule has 6 aliphatic rings. The van der Waals surface area contributed by atoms with Crippen LogP contribution < -0.4 is 26.6 Å². The van der Waals surface area contributed by atoms with Gasteiger partial charge in [-0.25, -0.2) is 0 Å². The third-order valence-corrected chi connectivity index (χ3v) is 11.7. The van der Waals surface area contributed by atoms with Crippen molar-refractivity contribution < 1.29 is 9.53 Å². The SMILES string of the molecule is CN1CCN(C2CCC3NC(C4CCC5NC(C6CCCC(OCCCC(=O)NCCCN=[N+]=[N-])C6)NC5C4)NC3C2)CC1. The van der Waals surface area contributed by atoms with Crippen LogP contribution in [0.4, 0.5) is 0 Å². The molecule has 12 heteroatoms. The lowest BCUT2D eigenvalue weighted by Gasteiger charge is -2.42. The molecule has 0 spiro atoms. The van der Waals surface area contributed by atoms with Crippen molar-refractivity contribution in [3.8, 4) is 0 Å². The van der Waals surface area contributed by atoms with Gasteiger partial charge in [-0.3, -0.25) is 31.0 Å². The molecule has 5 N–H and O–H groups in total. The first-order valence-electron chi connectivity index (χ1n) is 17.9. The number of ether oxygens (including phenoxy) is 1. The van der Waals surface area contributed by atoms with Crippen molar-refractivity contribution in [2.45, 2.75) is 132 Å². The van der Waals surface area contributed by atoms with Crippen molar-refractivity contribution in [3.63, 3.8) is 0 Å². The number of azide groups is 1.